The molecule has 3 nitrogen and oxygen atoms in total. The summed E-state index contributed by atoms with van der Waals surface area (Å²) in [5.41, 5.74) is 4.67. The minimum absolute atomic E-state index is 0.251. The highest BCUT2D eigenvalue weighted by Crippen LogP contribution is 1.82. The summed E-state index contributed by atoms with van der Waals surface area (Å²) in [5, 5.41) is 0.759. The van der Waals surface area contributed by atoms with Crippen molar-refractivity contribution in [2.24, 2.45) is 5.73 Å². The van der Waals surface area contributed by atoms with E-state index in [1.807, 2.05) is 6.08 Å². The van der Waals surface area contributed by atoms with Gasteiger partial charge in [0, 0.05) is 5.33 Å². The van der Waals surface area contributed by atoms with E-state index in [-0.39, 0.29) is 6.61 Å². The van der Waals surface area contributed by atoms with Crippen molar-refractivity contribution >= 4 is 22.0 Å². The van der Waals surface area contributed by atoms with E-state index >= 15 is 0 Å². The number of carbonyl (C=O) groups is 1. The molecule has 4 heteroatoms. The van der Waals surface area contributed by atoms with Crippen LogP contribution in [0.4, 0.5) is 4.79 Å². The molecule has 0 aliphatic heterocycles. The molecule has 0 unspecified atom stereocenters. The largest absolute Gasteiger partial charge is 0.445 e. The Hall–Kier alpha value is -0.510. The Morgan fingerprint density at radius 1 is 1.67 bits per heavy atom. The van der Waals surface area contributed by atoms with Crippen LogP contribution < -0.4 is 5.73 Å². The first-order valence-electron chi connectivity index (χ1n) is 2.40. The van der Waals surface area contributed by atoms with Crippen LogP contribution in [0.2, 0.25) is 0 Å². The number of ether oxygens (including phenoxy) is 1. The van der Waals surface area contributed by atoms with Crippen molar-refractivity contribution in [3.05, 3.63) is 12.2 Å². The van der Waals surface area contributed by atoms with Gasteiger partial charge in [-0.2, -0.15) is 0 Å². The van der Waals surface area contributed by atoms with Crippen LogP contribution in [-0.2, 0) is 4.74 Å². The molecule has 0 atom stereocenters. The zero-order chi connectivity index (χ0) is 7.11. The van der Waals surface area contributed by atoms with Crippen molar-refractivity contribution in [3.63, 3.8) is 0 Å². The normalized spacial score (nSPS) is 9.89. The number of nitrogens with two attached hydrogens (primary N) is 1. The second-order valence-corrected chi connectivity index (χ2v) is 1.90. The summed E-state index contributed by atoms with van der Waals surface area (Å²) < 4.78 is 4.38. The van der Waals surface area contributed by atoms with Gasteiger partial charge in [0.25, 0.3) is 0 Å². The minimum atomic E-state index is -0.741. The Kier molecular flexibility index (Phi) is 5.30. The van der Waals surface area contributed by atoms with Gasteiger partial charge in [-0.3, -0.25) is 0 Å². The Bertz CT molecular complexity index is 114. The highest BCUT2D eigenvalue weighted by atomic mass is 79.9. The first-order chi connectivity index (χ1) is 4.27. The Morgan fingerprint density at radius 3 is 2.78 bits per heavy atom. The van der Waals surface area contributed by atoms with E-state index < -0.39 is 6.09 Å². The van der Waals surface area contributed by atoms with Gasteiger partial charge in [-0.1, -0.05) is 28.1 Å². The SMILES string of the molecule is NC(=O)OCC=CCBr. The van der Waals surface area contributed by atoms with E-state index in [4.69, 9.17) is 0 Å². The molecule has 0 aromatic heterocycles. The number of alkyl halides is 1. The number of rotatable bonds is 3. The summed E-state index contributed by atoms with van der Waals surface area (Å²) >= 11 is 3.16. The summed E-state index contributed by atoms with van der Waals surface area (Å²) in [6.45, 7) is 0.251. The summed E-state index contributed by atoms with van der Waals surface area (Å²) in [6, 6.07) is 0. The molecule has 0 fully saturated rings. The van der Waals surface area contributed by atoms with Gasteiger partial charge in [-0.05, 0) is 0 Å². The first-order valence-corrected chi connectivity index (χ1v) is 3.52. The van der Waals surface area contributed by atoms with E-state index in [9.17, 15) is 4.79 Å². The van der Waals surface area contributed by atoms with Crippen LogP contribution in [-0.4, -0.2) is 18.0 Å². The molecule has 0 saturated heterocycles. The zero-order valence-corrected chi connectivity index (χ0v) is 6.43. The lowest BCUT2D eigenvalue weighted by Gasteiger charge is -1.92. The molecule has 0 heterocycles. The standard InChI is InChI=1S/C5H8BrNO2/c6-3-1-2-4-9-5(7)8/h1-2H,3-4H2,(H2,7,8). The maximum atomic E-state index is 9.92. The molecule has 0 aromatic carbocycles. The van der Waals surface area contributed by atoms with E-state index in [1.54, 1.807) is 6.08 Å². The van der Waals surface area contributed by atoms with Crippen molar-refractivity contribution in [1.82, 2.24) is 0 Å². The van der Waals surface area contributed by atoms with E-state index in [1.165, 1.54) is 0 Å². The second-order valence-electron chi connectivity index (χ2n) is 1.26. The lowest BCUT2D eigenvalue weighted by atomic mass is 10.6. The third-order valence-corrected chi connectivity index (χ3v) is 0.951. The maximum absolute atomic E-state index is 9.92. The minimum Gasteiger partial charge on any atom is -0.445 e. The molecule has 0 bridgehead atoms. The number of hydrogen-bond donors (Lipinski definition) is 1. The lowest BCUT2D eigenvalue weighted by molar-refractivity contribution is 0.169. The van der Waals surface area contributed by atoms with Crippen LogP contribution >= 0.6 is 15.9 Å². The first kappa shape index (κ1) is 8.49. The molecule has 0 aliphatic carbocycles. The molecule has 0 saturated carbocycles. The van der Waals surface area contributed by atoms with Crippen LogP contribution in [0.3, 0.4) is 0 Å². The predicted molar refractivity (Wildman–Crippen MR) is 38.5 cm³/mol. The molecule has 0 spiro atoms. The predicted octanol–water partition coefficient (Wildman–Crippen LogP) is 1.03. The monoisotopic (exact) mass is 193 g/mol. The molecule has 1 amide bonds. The number of hydrogen-bond acceptors (Lipinski definition) is 2. The molecule has 2 N–H and O–H groups in total. The van der Waals surface area contributed by atoms with Crippen molar-refractivity contribution in [2.75, 3.05) is 11.9 Å². The summed E-state index contributed by atoms with van der Waals surface area (Å²) in [6.07, 6.45) is 2.79. The lowest BCUT2D eigenvalue weighted by Crippen LogP contribution is -2.12. The smallest absolute Gasteiger partial charge is 0.404 e. The fourth-order valence-corrected chi connectivity index (χ4v) is 0.526. The number of amides is 1. The van der Waals surface area contributed by atoms with Crippen LogP contribution in [0.15, 0.2) is 12.2 Å². The zero-order valence-electron chi connectivity index (χ0n) is 4.84. The van der Waals surface area contributed by atoms with Gasteiger partial charge in [0.15, 0.2) is 0 Å². The van der Waals surface area contributed by atoms with Crippen LogP contribution in [0.1, 0.15) is 0 Å². The molecule has 0 rings (SSSR count). The van der Waals surface area contributed by atoms with Crippen LogP contribution in [0.25, 0.3) is 0 Å². The molecule has 0 radical (unpaired) electrons. The van der Waals surface area contributed by atoms with Crippen molar-refractivity contribution in [2.45, 2.75) is 0 Å². The number of allylic oxidation sites excluding steroid dienone is 1. The Morgan fingerprint density at radius 2 is 2.33 bits per heavy atom. The van der Waals surface area contributed by atoms with Gasteiger partial charge in [0.2, 0.25) is 0 Å². The molecule has 0 aromatic rings. The highest BCUT2D eigenvalue weighted by molar-refractivity contribution is 9.09. The summed E-state index contributed by atoms with van der Waals surface area (Å²) in [4.78, 5) is 9.92. The maximum Gasteiger partial charge on any atom is 0.404 e. The molecular weight excluding hydrogens is 186 g/mol. The molecule has 0 aliphatic rings. The second kappa shape index (κ2) is 5.62. The van der Waals surface area contributed by atoms with E-state index in [2.05, 4.69) is 26.4 Å². The van der Waals surface area contributed by atoms with Crippen molar-refractivity contribution < 1.29 is 9.53 Å². The van der Waals surface area contributed by atoms with Gasteiger partial charge in [-0.25, -0.2) is 4.79 Å². The topological polar surface area (TPSA) is 52.3 Å². The quantitative estimate of drug-likeness (QED) is 0.538. The highest BCUT2D eigenvalue weighted by Gasteiger charge is 1.85. The molecule has 9 heavy (non-hydrogen) atoms. The fourth-order valence-electron chi connectivity index (χ4n) is 0.261. The number of primary amides is 1. The molecular formula is C5H8BrNO2. The third-order valence-electron chi connectivity index (χ3n) is 0.578. The van der Waals surface area contributed by atoms with Gasteiger partial charge < -0.3 is 10.5 Å². The molecule has 52 valence electrons. The fraction of sp³-hybridized carbons (Fsp3) is 0.400. The Balaban J connectivity index is 3.09. The van der Waals surface area contributed by atoms with Crippen LogP contribution in [0.5, 0.6) is 0 Å². The average Bonchev–Trinajstić information content (AvgIpc) is 1.80. The summed E-state index contributed by atoms with van der Waals surface area (Å²) in [7, 11) is 0. The van der Waals surface area contributed by atoms with Gasteiger partial charge in [0.05, 0.1) is 0 Å². The average molecular weight is 194 g/mol. The Labute approximate surface area is 62.0 Å². The van der Waals surface area contributed by atoms with Gasteiger partial charge in [0.1, 0.15) is 6.61 Å². The van der Waals surface area contributed by atoms with E-state index in [0.29, 0.717) is 0 Å². The van der Waals surface area contributed by atoms with Gasteiger partial charge >= 0.3 is 6.09 Å². The summed E-state index contributed by atoms with van der Waals surface area (Å²) in [5.74, 6) is 0. The number of halogens is 1. The van der Waals surface area contributed by atoms with Crippen molar-refractivity contribution in [1.29, 1.82) is 0 Å². The van der Waals surface area contributed by atoms with Crippen molar-refractivity contribution in [3.8, 4) is 0 Å². The third kappa shape index (κ3) is 7.49. The number of carbonyl (C=O) groups excluding carboxylic acids is 1. The van der Waals surface area contributed by atoms with Gasteiger partial charge in [-0.15, -0.1) is 0 Å². The van der Waals surface area contributed by atoms with E-state index in [0.717, 1.165) is 5.33 Å². The van der Waals surface area contributed by atoms with Crippen LogP contribution in [0, 0.1) is 0 Å².